The number of hydrogen-bond donors (Lipinski definition) is 4. The van der Waals surface area contributed by atoms with Crippen molar-refractivity contribution in [1.29, 1.82) is 0 Å². The lowest BCUT2D eigenvalue weighted by atomic mass is 10.0. The first-order valence-electron chi connectivity index (χ1n) is 9.37. The van der Waals surface area contributed by atoms with Gasteiger partial charge in [0.25, 0.3) is 0 Å². The second-order valence-electron chi connectivity index (χ2n) is 7.37. The number of halogens is 2. The van der Waals surface area contributed by atoms with E-state index < -0.39 is 33.4 Å². The minimum Gasteiger partial charge on any atom is -0.390 e. The summed E-state index contributed by atoms with van der Waals surface area (Å²) in [7, 11) is -3.55. The van der Waals surface area contributed by atoms with Gasteiger partial charge in [0, 0.05) is 18.9 Å². The molecule has 0 bridgehead atoms. The predicted molar refractivity (Wildman–Crippen MR) is 110 cm³/mol. The second-order valence-corrected chi connectivity index (χ2v) is 10.3. The van der Waals surface area contributed by atoms with Gasteiger partial charge in [0.05, 0.1) is 38.5 Å². The van der Waals surface area contributed by atoms with Crippen molar-refractivity contribution < 1.29 is 18.6 Å². The number of aryl methyl sites for hydroxylation is 1. The molecule has 0 spiro atoms. The van der Waals surface area contributed by atoms with Crippen LogP contribution >= 0.6 is 23.2 Å². The van der Waals surface area contributed by atoms with E-state index in [0.717, 1.165) is 23.3 Å². The zero-order valence-electron chi connectivity index (χ0n) is 15.5. The fourth-order valence-corrected chi connectivity index (χ4v) is 5.44. The van der Waals surface area contributed by atoms with Gasteiger partial charge in [0.2, 0.25) is 10.0 Å². The SMILES string of the molecule is CC(C1CCC(O)C1O)S(=O)(=O)NCCCCc1nc2cc(Cl)c(Cl)cc2[nH]1. The van der Waals surface area contributed by atoms with Gasteiger partial charge in [-0.1, -0.05) is 23.2 Å². The monoisotopic (exact) mass is 449 g/mol. The molecule has 0 saturated heterocycles. The van der Waals surface area contributed by atoms with E-state index in [1.807, 2.05) is 0 Å². The van der Waals surface area contributed by atoms with Crippen LogP contribution in [0.1, 0.15) is 38.4 Å². The van der Waals surface area contributed by atoms with E-state index in [1.165, 1.54) is 0 Å². The number of aliphatic hydroxyl groups excluding tert-OH is 2. The fraction of sp³-hybridized carbons (Fsp3) is 0.611. The summed E-state index contributed by atoms with van der Waals surface area (Å²) in [5.41, 5.74) is 1.56. The summed E-state index contributed by atoms with van der Waals surface area (Å²) in [6, 6.07) is 3.45. The van der Waals surface area contributed by atoms with Crippen LogP contribution in [0.3, 0.4) is 0 Å². The van der Waals surface area contributed by atoms with Crippen LogP contribution in [0.2, 0.25) is 10.0 Å². The molecule has 0 radical (unpaired) electrons. The summed E-state index contributed by atoms with van der Waals surface area (Å²) >= 11 is 12.0. The van der Waals surface area contributed by atoms with Crippen LogP contribution in [0.15, 0.2) is 12.1 Å². The van der Waals surface area contributed by atoms with Crippen molar-refractivity contribution in [3.8, 4) is 0 Å². The van der Waals surface area contributed by atoms with Gasteiger partial charge in [0.1, 0.15) is 5.82 Å². The first kappa shape index (κ1) is 21.8. The van der Waals surface area contributed by atoms with Crippen molar-refractivity contribution >= 4 is 44.3 Å². The first-order chi connectivity index (χ1) is 13.2. The first-order valence-corrected chi connectivity index (χ1v) is 11.7. The second kappa shape index (κ2) is 8.85. The summed E-state index contributed by atoms with van der Waals surface area (Å²) in [6.45, 7) is 1.90. The maximum Gasteiger partial charge on any atom is 0.214 e. The van der Waals surface area contributed by atoms with Crippen molar-refractivity contribution in [1.82, 2.24) is 14.7 Å². The Morgan fingerprint density at radius 1 is 1.25 bits per heavy atom. The zero-order valence-corrected chi connectivity index (χ0v) is 17.9. The molecule has 28 heavy (non-hydrogen) atoms. The highest BCUT2D eigenvalue weighted by atomic mass is 35.5. The minimum atomic E-state index is -3.55. The maximum absolute atomic E-state index is 12.4. The van der Waals surface area contributed by atoms with Crippen molar-refractivity contribution in [2.75, 3.05) is 6.54 Å². The number of hydrogen-bond acceptors (Lipinski definition) is 5. The molecule has 1 fully saturated rings. The third-order valence-corrected chi connectivity index (χ3v) is 8.09. The van der Waals surface area contributed by atoms with Crippen LogP contribution in [0, 0.1) is 5.92 Å². The number of H-pyrrole nitrogens is 1. The third kappa shape index (κ3) is 4.80. The lowest BCUT2D eigenvalue weighted by molar-refractivity contribution is 0.0205. The Morgan fingerprint density at radius 3 is 2.64 bits per heavy atom. The number of aliphatic hydroxyl groups is 2. The topological polar surface area (TPSA) is 115 Å². The average molecular weight is 450 g/mol. The molecule has 156 valence electrons. The van der Waals surface area contributed by atoms with E-state index in [1.54, 1.807) is 19.1 Å². The number of nitrogens with one attached hydrogen (secondary N) is 2. The molecule has 1 saturated carbocycles. The number of imidazole rings is 1. The van der Waals surface area contributed by atoms with Crippen molar-refractivity contribution in [3.63, 3.8) is 0 Å². The van der Waals surface area contributed by atoms with Gasteiger partial charge in [-0.2, -0.15) is 0 Å². The molecule has 4 atom stereocenters. The number of aromatic nitrogens is 2. The molecule has 1 aromatic carbocycles. The Morgan fingerprint density at radius 2 is 1.96 bits per heavy atom. The van der Waals surface area contributed by atoms with Crippen LogP contribution in [0.5, 0.6) is 0 Å². The molecule has 1 aromatic heterocycles. The van der Waals surface area contributed by atoms with E-state index in [0.29, 0.717) is 42.3 Å². The predicted octanol–water partition coefficient (Wildman–Crippen LogP) is 2.63. The molecule has 4 unspecified atom stereocenters. The summed E-state index contributed by atoms with van der Waals surface area (Å²) in [5.74, 6) is 0.356. The molecule has 3 rings (SSSR count). The normalized spacial score (nSPS) is 24.1. The van der Waals surface area contributed by atoms with Gasteiger partial charge in [-0.15, -0.1) is 0 Å². The number of unbranched alkanes of at least 4 members (excludes halogenated alkanes) is 1. The molecule has 1 heterocycles. The maximum atomic E-state index is 12.4. The molecule has 0 amide bonds. The summed E-state index contributed by atoms with van der Waals surface area (Å²) in [5, 5.41) is 19.8. The van der Waals surface area contributed by atoms with Gasteiger partial charge in [-0.3, -0.25) is 0 Å². The van der Waals surface area contributed by atoms with Gasteiger partial charge in [0.15, 0.2) is 0 Å². The Hall–Kier alpha value is -0.900. The van der Waals surface area contributed by atoms with Crippen LogP contribution in [-0.4, -0.2) is 52.6 Å². The van der Waals surface area contributed by atoms with E-state index in [2.05, 4.69) is 14.7 Å². The van der Waals surface area contributed by atoms with Crippen molar-refractivity contribution in [3.05, 3.63) is 28.0 Å². The third-order valence-electron chi connectivity index (χ3n) is 5.44. The Labute approximate surface area is 174 Å². The molecule has 10 heteroatoms. The molecular formula is C18H25Cl2N3O4S. The smallest absolute Gasteiger partial charge is 0.214 e. The molecule has 2 aromatic rings. The summed E-state index contributed by atoms with van der Waals surface area (Å²) in [4.78, 5) is 7.66. The van der Waals surface area contributed by atoms with E-state index in [4.69, 9.17) is 23.2 Å². The van der Waals surface area contributed by atoms with Gasteiger partial charge in [-0.25, -0.2) is 18.1 Å². The molecule has 1 aliphatic rings. The Kier molecular flexibility index (Phi) is 6.89. The van der Waals surface area contributed by atoms with E-state index in [9.17, 15) is 18.6 Å². The number of nitrogens with zero attached hydrogens (tertiary/aromatic N) is 1. The number of fused-ring (bicyclic) bond motifs is 1. The molecule has 7 nitrogen and oxygen atoms in total. The molecule has 4 N–H and O–H groups in total. The molecular weight excluding hydrogens is 425 g/mol. The number of aromatic amines is 1. The van der Waals surface area contributed by atoms with Crippen molar-refractivity contribution in [2.24, 2.45) is 5.92 Å². The Bertz CT molecular complexity index is 895. The number of benzene rings is 1. The van der Waals surface area contributed by atoms with Gasteiger partial charge in [-0.05, 0) is 44.7 Å². The highest BCUT2D eigenvalue weighted by Gasteiger charge is 2.41. The van der Waals surface area contributed by atoms with Crippen LogP contribution in [-0.2, 0) is 16.4 Å². The average Bonchev–Trinajstić information content (AvgIpc) is 3.17. The lowest BCUT2D eigenvalue weighted by Gasteiger charge is -2.23. The highest BCUT2D eigenvalue weighted by Crippen LogP contribution is 2.31. The standard InChI is InChI=1S/C18H25Cl2N3O4S/c1-10(11-5-6-16(24)18(11)25)28(26,27)21-7-3-2-4-17-22-14-8-12(19)13(20)9-15(14)23-17/h8-11,16,18,21,24-25H,2-7H2,1H3,(H,22,23). The fourth-order valence-electron chi connectivity index (χ4n) is 3.67. The summed E-state index contributed by atoms with van der Waals surface area (Å²) < 4.78 is 27.5. The molecule has 0 aliphatic heterocycles. The highest BCUT2D eigenvalue weighted by molar-refractivity contribution is 7.90. The van der Waals surface area contributed by atoms with Crippen LogP contribution < -0.4 is 4.72 Å². The zero-order chi connectivity index (χ0) is 20.5. The minimum absolute atomic E-state index is 0.315. The van der Waals surface area contributed by atoms with Gasteiger partial charge < -0.3 is 15.2 Å². The quantitative estimate of drug-likeness (QED) is 0.462. The lowest BCUT2D eigenvalue weighted by Crippen LogP contribution is -2.41. The molecule has 1 aliphatic carbocycles. The summed E-state index contributed by atoms with van der Waals surface area (Å²) in [6.07, 6.45) is 1.19. The Balaban J connectivity index is 1.46. The largest absolute Gasteiger partial charge is 0.390 e. The van der Waals surface area contributed by atoms with Crippen molar-refractivity contribution in [2.45, 2.75) is 56.5 Å². The van der Waals surface area contributed by atoms with Crippen LogP contribution in [0.25, 0.3) is 11.0 Å². The number of rotatable bonds is 8. The van der Waals surface area contributed by atoms with Crippen LogP contribution in [0.4, 0.5) is 0 Å². The van der Waals surface area contributed by atoms with E-state index in [-0.39, 0.29) is 0 Å². The number of sulfonamides is 1. The van der Waals surface area contributed by atoms with E-state index >= 15 is 0 Å². The van der Waals surface area contributed by atoms with Gasteiger partial charge >= 0.3 is 0 Å².